The van der Waals surface area contributed by atoms with Crippen molar-refractivity contribution in [1.82, 2.24) is 15.1 Å². The highest BCUT2D eigenvalue weighted by molar-refractivity contribution is 5.30. The van der Waals surface area contributed by atoms with Crippen LogP contribution in [0.3, 0.4) is 0 Å². The normalized spacial score (nSPS) is 14.5. The molecular formula is C13H25N3O2. The average molecular weight is 255 g/mol. The fraction of sp³-hybridized carbons (Fsp3) is 0.769. The summed E-state index contributed by atoms with van der Waals surface area (Å²) in [7, 11) is 1.60. The Balaban J connectivity index is 2.92. The lowest BCUT2D eigenvalue weighted by atomic mass is 10.0. The van der Waals surface area contributed by atoms with E-state index >= 15 is 0 Å². The van der Waals surface area contributed by atoms with Crippen molar-refractivity contribution in [3.05, 3.63) is 11.9 Å². The van der Waals surface area contributed by atoms with Gasteiger partial charge in [-0.05, 0) is 26.3 Å². The maximum Gasteiger partial charge on any atom is 0.162 e. The lowest BCUT2D eigenvalue weighted by molar-refractivity contribution is 0.0450. The minimum atomic E-state index is -0.980. The second-order valence-corrected chi connectivity index (χ2v) is 4.74. The van der Waals surface area contributed by atoms with Crippen LogP contribution in [0.2, 0.25) is 0 Å². The van der Waals surface area contributed by atoms with Crippen LogP contribution < -0.4 is 10.1 Å². The van der Waals surface area contributed by atoms with E-state index in [4.69, 9.17) is 4.74 Å². The Morgan fingerprint density at radius 1 is 1.44 bits per heavy atom. The molecule has 0 saturated heterocycles. The van der Waals surface area contributed by atoms with E-state index in [1.54, 1.807) is 20.2 Å². The second-order valence-electron chi connectivity index (χ2n) is 4.74. The molecule has 0 saturated carbocycles. The van der Waals surface area contributed by atoms with E-state index in [0.717, 1.165) is 31.6 Å². The standard InChI is InChI=1S/C13H25N3O2/c1-5-7-14-10-13(3,17)12-11(18-4)9-15-16(12)8-6-2/h9,14,17H,5-8,10H2,1-4H3. The van der Waals surface area contributed by atoms with E-state index < -0.39 is 5.60 Å². The lowest BCUT2D eigenvalue weighted by Crippen LogP contribution is -2.38. The van der Waals surface area contributed by atoms with Crippen LogP contribution in [-0.4, -0.2) is 35.1 Å². The van der Waals surface area contributed by atoms with Crippen molar-refractivity contribution in [3.63, 3.8) is 0 Å². The van der Waals surface area contributed by atoms with Gasteiger partial charge in [0.05, 0.1) is 13.3 Å². The summed E-state index contributed by atoms with van der Waals surface area (Å²) in [5, 5.41) is 18.1. The number of nitrogens with one attached hydrogen (secondary N) is 1. The van der Waals surface area contributed by atoms with E-state index in [0.29, 0.717) is 12.3 Å². The second kappa shape index (κ2) is 6.75. The molecule has 0 aliphatic carbocycles. The molecule has 0 radical (unpaired) electrons. The number of aliphatic hydroxyl groups is 1. The third-order valence-electron chi connectivity index (χ3n) is 2.87. The number of ether oxygens (including phenoxy) is 1. The molecule has 1 heterocycles. The Morgan fingerprint density at radius 3 is 2.72 bits per heavy atom. The van der Waals surface area contributed by atoms with Crippen LogP contribution >= 0.6 is 0 Å². The molecule has 1 aromatic rings. The molecule has 0 aromatic carbocycles. The predicted molar refractivity (Wildman–Crippen MR) is 71.8 cm³/mol. The van der Waals surface area contributed by atoms with Crippen molar-refractivity contribution < 1.29 is 9.84 Å². The molecule has 0 spiro atoms. The van der Waals surface area contributed by atoms with Crippen LogP contribution in [0.1, 0.15) is 39.3 Å². The van der Waals surface area contributed by atoms with Crippen molar-refractivity contribution in [3.8, 4) is 5.75 Å². The minimum Gasteiger partial charge on any atom is -0.493 e. The predicted octanol–water partition coefficient (Wildman–Crippen LogP) is 1.51. The summed E-state index contributed by atoms with van der Waals surface area (Å²) >= 11 is 0. The zero-order valence-corrected chi connectivity index (χ0v) is 11.9. The van der Waals surface area contributed by atoms with Gasteiger partial charge in [0.25, 0.3) is 0 Å². The summed E-state index contributed by atoms with van der Waals surface area (Å²) in [6.45, 7) is 8.14. The molecular weight excluding hydrogens is 230 g/mol. The zero-order valence-electron chi connectivity index (χ0n) is 11.9. The van der Waals surface area contributed by atoms with Gasteiger partial charge in [0.15, 0.2) is 5.75 Å². The van der Waals surface area contributed by atoms with Gasteiger partial charge in [0, 0.05) is 13.1 Å². The fourth-order valence-electron chi connectivity index (χ4n) is 2.03. The van der Waals surface area contributed by atoms with Crippen LogP contribution in [0, 0.1) is 0 Å². The van der Waals surface area contributed by atoms with Gasteiger partial charge in [-0.25, -0.2) is 0 Å². The number of methoxy groups -OCH3 is 1. The summed E-state index contributed by atoms with van der Waals surface area (Å²) in [5.74, 6) is 0.645. The van der Waals surface area contributed by atoms with Gasteiger partial charge in [-0.2, -0.15) is 5.10 Å². The van der Waals surface area contributed by atoms with Gasteiger partial charge >= 0.3 is 0 Å². The molecule has 0 bridgehead atoms. The first-order valence-corrected chi connectivity index (χ1v) is 6.60. The molecule has 0 aliphatic heterocycles. The average Bonchev–Trinajstić information content (AvgIpc) is 2.73. The molecule has 104 valence electrons. The maximum absolute atomic E-state index is 10.6. The van der Waals surface area contributed by atoms with E-state index in [9.17, 15) is 5.11 Å². The summed E-state index contributed by atoms with van der Waals surface area (Å²) in [6, 6.07) is 0. The Morgan fingerprint density at radius 2 is 2.17 bits per heavy atom. The number of hydrogen-bond donors (Lipinski definition) is 2. The summed E-state index contributed by atoms with van der Waals surface area (Å²) in [6.07, 6.45) is 3.68. The molecule has 0 fully saturated rings. The molecule has 5 nitrogen and oxygen atoms in total. The van der Waals surface area contributed by atoms with Crippen molar-refractivity contribution in [1.29, 1.82) is 0 Å². The molecule has 5 heteroatoms. The third kappa shape index (κ3) is 3.46. The lowest BCUT2D eigenvalue weighted by Gasteiger charge is -2.25. The largest absolute Gasteiger partial charge is 0.493 e. The Labute approximate surface area is 109 Å². The van der Waals surface area contributed by atoms with E-state index in [2.05, 4.69) is 24.3 Å². The van der Waals surface area contributed by atoms with Gasteiger partial charge in [0.1, 0.15) is 11.3 Å². The molecule has 1 unspecified atom stereocenters. The van der Waals surface area contributed by atoms with Crippen molar-refractivity contribution in [2.45, 2.75) is 45.8 Å². The van der Waals surface area contributed by atoms with Crippen molar-refractivity contribution in [2.24, 2.45) is 0 Å². The highest BCUT2D eigenvalue weighted by Crippen LogP contribution is 2.29. The monoisotopic (exact) mass is 255 g/mol. The minimum absolute atomic E-state index is 0.493. The molecule has 0 amide bonds. The summed E-state index contributed by atoms with van der Waals surface area (Å²) < 4.78 is 7.12. The van der Waals surface area contributed by atoms with Gasteiger partial charge in [-0.1, -0.05) is 13.8 Å². The van der Waals surface area contributed by atoms with Crippen LogP contribution in [0.5, 0.6) is 5.75 Å². The SMILES string of the molecule is CCCNCC(C)(O)c1c(OC)cnn1CCC. The number of hydrogen-bond acceptors (Lipinski definition) is 4. The van der Waals surface area contributed by atoms with Crippen LogP contribution in [0.4, 0.5) is 0 Å². The molecule has 1 rings (SSSR count). The summed E-state index contributed by atoms with van der Waals surface area (Å²) in [4.78, 5) is 0. The molecule has 1 atom stereocenters. The molecule has 0 aliphatic rings. The summed E-state index contributed by atoms with van der Waals surface area (Å²) in [5.41, 5.74) is -0.234. The fourth-order valence-corrected chi connectivity index (χ4v) is 2.03. The Kier molecular flexibility index (Phi) is 5.62. The third-order valence-corrected chi connectivity index (χ3v) is 2.87. The van der Waals surface area contributed by atoms with Crippen LogP contribution in [-0.2, 0) is 12.1 Å². The van der Waals surface area contributed by atoms with Crippen LogP contribution in [0.15, 0.2) is 6.20 Å². The smallest absolute Gasteiger partial charge is 0.162 e. The van der Waals surface area contributed by atoms with Gasteiger partial charge in [-0.3, -0.25) is 4.68 Å². The topological polar surface area (TPSA) is 59.3 Å². The number of rotatable bonds is 8. The quantitative estimate of drug-likeness (QED) is 0.691. The number of nitrogens with zero attached hydrogens (tertiary/aromatic N) is 2. The van der Waals surface area contributed by atoms with E-state index in [1.807, 2.05) is 4.68 Å². The van der Waals surface area contributed by atoms with Crippen molar-refractivity contribution in [2.75, 3.05) is 20.2 Å². The molecule has 18 heavy (non-hydrogen) atoms. The molecule has 2 N–H and O–H groups in total. The highest BCUT2D eigenvalue weighted by Gasteiger charge is 2.31. The molecule has 1 aromatic heterocycles. The maximum atomic E-state index is 10.6. The van der Waals surface area contributed by atoms with Crippen molar-refractivity contribution >= 4 is 0 Å². The Bertz CT molecular complexity index is 361. The first-order valence-electron chi connectivity index (χ1n) is 6.60. The first-order chi connectivity index (χ1) is 8.56. The number of aryl methyl sites for hydroxylation is 1. The van der Waals surface area contributed by atoms with Gasteiger partial charge < -0.3 is 15.2 Å². The van der Waals surface area contributed by atoms with Crippen LogP contribution in [0.25, 0.3) is 0 Å². The van der Waals surface area contributed by atoms with E-state index in [-0.39, 0.29) is 0 Å². The number of aromatic nitrogens is 2. The highest BCUT2D eigenvalue weighted by atomic mass is 16.5. The first kappa shape index (κ1) is 15.0. The van der Waals surface area contributed by atoms with E-state index in [1.165, 1.54) is 0 Å². The van der Waals surface area contributed by atoms with Gasteiger partial charge in [0.2, 0.25) is 0 Å². The Hall–Kier alpha value is -1.07. The van der Waals surface area contributed by atoms with Gasteiger partial charge in [-0.15, -0.1) is 0 Å². The zero-order chi connectivity index (χ0) is 13.6.